The summed E-state index contributed by atoms with van der Waals surface area (Å²) in [6, 6.07) is 0.391. The summed E-state index contributed by atoms with van der Waals surface area (Å²) in [5.74, 6) is 2.12. The van der Waals surface area contributed by atoms with Gasteiger partial charge >= 0.3 is 0 Å². The van der Waals surface area contributed by atoms with Crippen LogP contribution in [0.1, 0.15) is 32.6 Å². The molecule has 1 aromatic rings. The summed E-state index contributed by atoms with van der Waals surface area (Å²) >= 11 is 0. The van der Waals surface area contributed by atoms with Crippen LogP contribution in [-0.2, 0) is 4.74 Å². The van der Waals surface area contributed by atoms with Crippen LogP contribution in [0, 0.1) is 0 Å². The first-order chi connectivity index (χ1) is 10.3. The first-order valence-electron chi connectivity index (χ1n) is 7.94. The van der Waals surface area contributed by atoms with Crippen LogP contribution in [0.3, 0.4) is 0 Å². The van der Waals surface area contributed by atoms with Crippen molar-refractivity contribution in [1.29, 1.82) is 0 Å². The summed E-state index contributed by atoms with van der Waals surface area (Å²) in [6.07, 6.45) is 4.43. The fourth-order valence-corrected chi connectivity index (χ4v) is 2.75. The Morgan fingerprint density at radius 1 is 1.10 bits per heavy atom. The van der Waals surface area contributed by atoms with E-state index in [0.717, 1.165) is 51.6 Å². The topological polar surface area (TPSA) is 75.2 Å². The first-order valence-corrected chi connectivity index (χ1v) is 7.94. The summed E-state index contributed by atoms with van der Waals surface area (Å²) in [6.45, 7) is 6.53. The van der Waals surface area contributed by atoms with E-state index in [4.69, 9.17) is 4.74 Å². The molecule has 21 heavy (non-hydrogen) atoms. The molecule has 0 amide bonds. The molecule has 0 aromatic carbocycles. The normalized spacial score (nSPS) is 19.8. The molecule has 0 spiro atoms. The zero-order valence-electron chi connectivity index (χ0n) is 12.6. The van der Waals surface area contributed by atoms with Crippen LogP contribution >= 0.6 is 0 Å². The van der Waals surface area contributed by atoms with Crippen molar-refractivity contribution < 1.29 is 4.74 Å². The first kappa shape index (κ1) is 14.3. The van der Waals surface area contributed by atoms with E-state index >= 15 is 0 Å². The molecular weight excluding hydrogens is 268 g/mol. The molecule has 3 rings (SSSR count). The van der Waals surface area contributed by atoms with Crippen molar-refractivity contribution in [2.75, 3.05) is 48.4 Å². The third-order valence-corrected chi connectivity index (χ3v) is 3.90. The molecule has 0 aliphatic carbocycles. The van der Waals surface area contributed by atoms with Crippen molar-refractivity contribution in [3.63, 3.8) is 0 Å². The second-order valence-corrected chi connectivity index (χ2v) is 5.54. The summed E-state index contributed by atoms with van der Waals surface area (Å²) < 4.78 is 5.39. The standard InChI is InChI=1S/C14H24N6O/c1-2-15-12-17-13(16-11-5-9-21-10-6-11)19-14(18-12)20-7-3-4-8-20/h11H,2-10H2,1H3,(H2,15,16,17,18,19). The lowest BCUT2D eigenvalue weighted by molar-refractivity contribution is 0.0903. The number of aromatic nitrogens is 3. The molecule has 116 valence electrons. The number of nitrogens with one attached hydrogen (secondary N) is 2. The van der Waals surface area contributed by atoms with Gasteiger partial charge in [0.2, 0.25) is 17.8 Å². The highest BCUT2D eigenvalue weighted by Crippen LogP contribution is 2.20. The lowest BCUT2D eigenvalue weighted by Crippen LogP contribution is -2.29. The van der Waals surface area contributed by atoms with Gasteiger partial charge in [-0.05, 0) is 32.6 Å². The van der Waals surface area contributed by atoms with Crippen LogP contribution in [0.5, 0.6) is 0 Å². The van der Waals surface area contributed by atoms with Crippen molar-refractivity contribution in [2.45, 2.75) is 38.6 Å². The Bertz CT molecular complexity index is 457. The molecular formula is C14H24N6O. The van der Waals surface area contributed by atoms with Gasteiger partial charge in [0.05, 0.1) is 0 Å². The number of nitrogens with zero attached hydrogens (tertiary/aromatic N) is 4. The monoisotopic (exact) mass is 292 g/mol. The number of hydrogen-bond donors (Lipinski definition) is 2. The molecule has 2 N–H and O–H groups in total. The Morgan fingerprint density at radius 3 is 2.52 bits per heavy atom. The van der Waals surface area contributed by atoms with Crippen LogP contribution in [0.25, 0.3) is 0 Å². The van der Waals surface area contributed by atoms with Crippen LogP contribution in [0.15, 0.2) is 0 Å². The van der Waals surface area contributed by atoms with Crippen molar-refractivity contribution >= 4 is 17.8 Å². The van der Waals surface area contributed by atoms with Gasteiger partial charge in [0.15, 0.2) is 0 Å². The van der Waals surface area contributed by atoms with Crippen molar-refractivity contribution in [2.24, 2.45) is 0 Å². The maximum Gasteiger partial charge on any atom is 0.231 e. The predicted octanol–water partition coefficient (Wildman–Crippen LogP) is 1.49. The van der Waals surface area contributed by atoms with E-state index in [1.807, 2.05) is 6.92 Å². The van der Waals surface area contributed by atoms with E-state index < -0.39 is 0 Å². The summed E-state index contributed by atoms with van der Waals surface area (Å²) in [5, 5.41) is 6.63. The molecule has 2 fully saturated rings. The number of hydrogen-bond acceptors (Lipinski definition) is 7. The highest BCUT2D eigenvalue weighted by atomic mass is 16.5. The summed E-state index contributed by atoms with van der Waals surface area (Å²) in [5.41, 5.74) is 0. The van der Waals surface area contributed by atoms with Gasteiger partial charge in [0, 0.05) is 38.9 Å². The van der Waals surface area contributed by atoms with Gasteiger partial charge in [-0.1, -0.05) is 0 Å². The van der Waals surface area contributed by atoms with E-state index in [1.54, 1.807) is 0 Å². The Morgan fingerprint density at radius 2 is 1.81 bits per heavy atom. The third kappa shape index (κ3) is 3.72. The smallest absolute Gasteiger partial charge is 0.231 e. The summed E-state index contributed by atoms with van der Waals surface area (Å²) in [7, 11) is 0. The zero-order valence-corrected chi connectivity index (χ0v) is 12.6. The van der Waals surface area contributed by atoms with Crippen LogP contribution < -0.4 is 15.5 Å². The Labute approximate surface area is 125 Å². The molecule has 0 bridgehead atoms. The van der Waals surface area contributed by atoms with Crippen molar-refractivity contribution in [3.05, 3.63) is 0 Å². The number of rotatable bonds is 5. The molecule has 0 atom stereocenters. The molecule has 3 heterocycles. The highest BCUT2D eigenvalue weighted by Gasteiger charge is 2.19. The quantitative estimate of drug-likeness (QED) is 0.851. The van der Waals surface area contributed by atoms with Gasteiger partial charge in [-0.2, -0.15) is 15.0 Å². The highest BCUT2D eigenvalue weighted by molar-refractivity contribution is 5.44. The number of anilines is 3. The number of ether oxygens (including phenoxy) is 1. The molecule has 2 aliphatic heterocycles. The lowest BCUT2D eigenvalue weighted by atomic mass is 10.1. The van der Waals surface area contributed by atoms with Gasteiger partial charge in [0.25, 0.3) is 0 Å². The Balaban J connectivity index is 1.76. The van der Waals surface area contributed by atoms with E-state index in [1.165, 1.54) is 12.8 Å². The minimum atomic E-state index is 0.391. The fourth-order valence-electron chi connectivity index (χ4n) is 2.75. The van der Waals surface area contributed by atoms with E-state index in [9.17, 15) is 0 Å². The zero-order chi connectivity index (χ0) is 14.5. The molecule has 7 nitrogen and oxygen atoms in total. The fraction of sp³-hybridized carbons (Fsp3) is 0.786. The van der Waals surface area contributed by atoms with E-state index in [0.29, 0.717) is 17.9 Å². The van der Waals surface area contributed by atoms with Gasteiger partial charge in [-0.15, -0.1) is 0 Å². The molecule has 2 aliphatic rings. The summed E-state index contributed by atoms with van der Waals surface area (Å²) in [4.78, 5) is 15.8. The van der Waals surface area contributed by atoms with Gasteiger partial charge < -0.3 is 20.3 Å². The third-order valence-electron chi connectivity index (χ3n) is 3.90. The van der Waals surface area contributed by atoms with E-state index in [2.05, 4.69) is 30.5 Å². The Kier molecular flexibility index (Phi) is 4.69. The van der Waals surface area contributed by atoms with Crippen molar-refractivity contribution in [3.8, 4) is 0 Å². The second-order valence-electron chi connectivity index (χ2n) is 5.54. The van der Waals surface area contributed by atoms with Crippen LogP contribution in [0.4, 0.5) is 17.8 Å². The molecule has 1 aromatic heterocycles. The maximum atomic E-state index is 5.39. The van der Waals surface area contributed by atoms with E-state index in [-0.39, 0.29) is 0 Å². The molecule has 2 saturated heterocycles. The molecule has 0 unspecified atom stereocenters. The lowest BCUT2D eigenvalue weighted by Gasteiger charge is -2.24. The largest absolute Gasteiger partial charge is 0.381 e. The van der Waals surface area contributed by atoms with Crippen molar-refractivity contribution in [1.82, 2.24) is 15.0 Å². The minimum Gasteiger partial charge on any atom is -0.381 e. The van der Waals surface area contributed by atoms with Gasteiger partial charge in [0.1, 0.15) is 0 Å². The molecule has 0 saturated carbocycles. The average molecular weight is 292 g/mol. The SMILES string of the molecule is CCNc1nc(NC2CCOCC2)nc(N2CCCC2)n1. The Hall–Kier alpha value is -1.63. The molecule has 0 radical (unpaired) electrons. The second kappa shape index (κ2) is 6.89. The van der Waals surface area contributed by atoms with Gasteiger partial charge in [-0.25, -0.2) is 0 Å². The van der Waals surface area contributed by atoms with Crippen LogP contribution in [-0.4, -0.2) is 53.8 Å². The maximum absolute atomic E-state index is 5.39. The average Bonchev–Trinajstić information content (AvgIpc) is 3.03. The predicted molar refractivity (Wildman–Crippen MR) is 82.9 cm³/mol. The van der Waals surface area contributed by atoms with Gasteiger partial charge in [-0.3, -0.25) is 0 Å². The molecule has 7 heteroatoms. The minimum absolute atomic E-state index is 0.391. The van der Waals surface area contributed by atoms with Crippen LogP contribution in [0.2, 0.25) is 0 Å².